The first-order valence-electron chi connectivity index (χ1n) is 5.53. The van der Waals surface area contributed by atoms with Crippen LogP contribution in [0.4, 0.5) is 0 Å². The number of aromatic nitrogens is 2. The van der Waals surface area contributed by atoms with Crippen molar-refractivity contribution < 1.29 is 4.52 Å². The summed E-state index contributed by atoms with van der Waals surface area (Å²) in [6.07, 6.45) is 1.53. The maximum atomic E-state index is 5.83. The van der Waals surface area contributed by atoms with Gasteiger partial charge in [-0.05, 0) is 30.7 Å². The highest BCUT2D eigenvalue weighted by Crippen LogP contribution is 2.19. The summed E-state index contributed by atoms with van der Waals surface area (Å²) in [5.74, 6) is 1.14. The molecule has 1 atom stereocenters. The number of benzene rings is 1. The molecule has 2 aromatic rings. The molecule has 1 unspecified atom stereocenters. The molecule has 1 heterocycles. The zero-order chi connectivity index (χ0) is 12.3. The molecule has 1 aromatic carbocycles. The van der Waals surface area contributed by atoms with Gasteiger partial charge in [-0.2, -0.15) is 4.98 Å². The monoisotopic (exact) mass is 251 g/mol. The Morgan fingerprint density at radius 3 is 2.71 bits per heavy atom. The van der Waals surface area contributed by atoms with E-state index < -0.39 is 0 Å². The number of nitrogens with zero attached hydrogens (tertiary/aromatic N) is 2. The summed E-state index contributed by atoms with van der Waals surface area (Å²) >= 11 is 5.81. The van der Waals surface area contributed by atoms with Crippen LogP contribution in [-0.4, -0.2) is 16.2 Å². The van der Waals surface area contributed by atoms with Gasteiger partial charge in [0.25, 0.3) is 5.89 Å². The molecular formula is C12H14ClN3O. The number of hydrogen-bond donors (Lipinski definition) is 1. The lowest BCUT2D eigenvalue weighted by Crippen LogP contribution is -2.21. The van der Waals surface area contributed by atoms with Gasteiger partial charge in [0, 0.05) is 23.0 Å². The summed E-state index contributed by atoms with van der Waals surface area (Å²) in [6, 6.07) is 7.35. The third kappa shape index (κ3) is 3.05. The van der Waals surface area contributed by atoms with Crippen LogP contribution in [0.15, 0.2) is 28.8 Å². The fraction of sp³-hybridized carbons (Fsp3) is 0.333. The fourth-order valence-corrected chi connectivity index (χ4v) is 1.55. The number of rotatable bonds is 4. The third-order valence-corrected chi connectivity index (χ3v) is 2.78. The number of nitrogens with two attached hydrogens (primary N) is 1. The molecule has 2 N–H and O–H groups in total. The Labute approximate surface area is 105 Å². The second kappa shape index (κ2) is 5.29. The van der Waals surface area contributed by atoms with Crippen LogP contribution in [0.5, 0.6) is 0 Å². The van der Waals surface area contributed by atoms with Gasteiger partial charge in [-0.25, -0.2) is 0 Å². The maximum absolute atomic E-state index is 5.83. The molecule has 0 aliphatic heterocycles. The molecule has 17 heavy (non-hydrogen) atoms. The van der Waals surface area contributed by atoms with E-state index in [4.69, 9.17) is 21.9 Å². The largest absolute Gasteiger partial charge is 0.334 e. The summed E-state index contributed by atoms with van der Waals surface area (Å²) in [7, 11) is 0. The smallest absolute Gasteiger partial charge is 0.257 e. The van der Waals surface area contributed by atoms with E-state index in [1.54, 1.807) is 12.1 Å². The van der Waals surface area contributed by atoms with E-state index in [0.717, 1.165) is 12.0 Å². The van der Waals surface area contributed by atoms with Crippen LogP contribution in [0.2, 0.25) is 5.02 Å². The second-order valence-electron chi connectivity index (χ2n) is 3.90. The molecule has 0 aliphatic rings. The molecule has 90 valence electrons. The van der Waals surface area contributed by atoms with E-state index in [1.165, 1.54) is 0 Å². The van der Waals surface area contributed by atoms with Crippen molar-refractivity contribution in [3.63, 3.8) is 0 Å². The van der Waals surface area contributed by atoms with Gasteiger partial charge in [-0.1, -0.05) is 23.7 Å². The van der Waals surface area contributed by atoms with E-state index >= 15 is 0 Å². The average molecular weight is 252 g/mol. The second-order valence-corrected chi connectivity index (χ2v) is 4.33. The standard InChI is InChI=1S/C12H14ClN3O/c1-2-10(14)7-11-15-12(17-16-11)8-3-5-9(13)6-4-8/h3-6,10H,2,7,14H2,1H3. The first kappa shape index (κ1) is 12.1. The lowest BCUT2D eigenvalue weighted by atomic mass is 10.1. The highest BCUT2D eigenvalue weighted by Gasteiger charge is 2.11. The van der Waals surface area contributed by atoms with Gasteiger partial charge in [0.05, 0.1) is 0 Å². The molecule has 0 saturated heterocycles. The number of hydrogen-bond acceptors (Lipinski definition) is 4. The predicted molar refractivity (Wildman–Crippen MR) is 66.7 cm³/mol. The Hall–Kier alpha value is -1.39. The summed E-state index contributed by atoms with van der Waals surface area (Å²) < 4.78 is 5.18. The van der Waals surface area contributed by atoms with E-state index in [1.807, 2.05) is 19.1 Å². The quantitative estimate of drug-likeness (QED) is 0.907. The maximum Gasteiger partial charge on any atom is 0.257 e. The van der Waals surface area contributed by atoms with Crippen LogP contribution in [0, 0.1) is 0 Å². The van der Waals surface area contributed by atoms with Crippen molar-refractivity contribution in [1.82, 2.24) is 10.1 Å². The minimum atomic E-state index is 0.0747. The molecule has 0 amide bonds. The Balaban J connectivity index is 2.15. The summed E-state index contributed by atoms with van der Waals surface area (Å²) in [6.45, 7) is 2.03. The lowest BCUT2D eigenvalue weighted by Gasteiger charge is -2.02. The summed E-state index contributed by atoms with van der Waals surface area (Å²) in [4.78, 5) is 4.30. The van der Waals surface area contributed by atoms with Crippen LogP contribution in [-0.2, 0) is 6.42 Å². The zero-order valence-electron chi connectivity index (χ0n) is 9.56. The van der Waals surface area contributed by atoms with Gasteiger partial charge in [0.2, 0.25) is 0 Å². The highest BCUT2D eigenvalue weighted by atomic mass is 35.5. The zero-order valence-corrected chi connectivity index (χ0v) is 10.3. The van der Waals surface area contributed by atoms with E-state index in [-0.39, 0.29) is 6.04 Å². The van der Waals surface area contributed by atoms with Crippen molar-refractivity contribution in [3.05, 3.63) is 35.1 Å². The van der Waals surface area contributed by atoms with E-state index in [2.05, 4.69) is 10.1 Å². The lowest BCUT2D eigenvalue weighted by molar-refractivity contribution is 0.419. The predicted octanol–water partition coefficient (Wildman–Crippen LogP) is 2.67. The number of halogens is 1. The fourth-order valence-electron chi connectivity index (χ4n) is 1.43. The summed E-state index contributed by atoms with van der Waals surface area (Å²) in [5.41, 5.74) is 6.69. The van der Waals surface area contributed by atoms with E-state index in [0.29, 0.717) is 23.2 Å². The molecule has 0 spiro atoms. The molecule has 0 radical (unpaired) electrons. The average Bonchev–Trinajstić information content (AvgIpc) is 2.78. The minimum Gasteiger partial charge on any atom is -0.334 e. The Morgan fingerprint density at radius 1 is 1.35 bits per heavy atom. The van der Waals surface area contributed by atoms with Crippen molar-refractivity contribution >= 4 is 11.6 Å². The van der Waals surface area contributed by atoms with Crippen molar-refractivity contribution in [2.75, 3.05) is 0 Å². The summed E-state index contributed by atoms with van der Waals surface area (Å²) in [5, 5.41) is 4.59. The molecule has 0 aliphatic carbocycles. The van der Waals surface area contributed by atoms with E-state index in [9.17, 15) is 0 Å². The first-order valence-corrected chi connectivity index (χ1v) is 5.91. The van der Waals surface area contributed by atoms with Crippen LogP contribution < -0.4 is 5.73 Å². The van der Waals surface area contributed by atoms with Crippen molar-refractivity contribution in [2.45, 2.75) is 25.8 Å². The Kier molecular flexibility index (Phi) is 3.76. The van der Waals surface area contributed by atoms with Crippen molar-refractivity contribution in [1.29, 1.82) is 0 Å². The third-order valence-electron chi connectivity index (χ3n) is 2.53. The molecule has 5 heteroatoms. The van der Waals surface area contributed by atoms with Crippen LogP contribution in [0.3, 0.4) is 0 Å². The van der Waals surface area contributed by atoms with Gasteiger partial charge in [0.1, 0.15) is 0 Å². The van der Waals surface area contributed by atoms with Crippen molar-refractivity contribution in [2.24, 2.45) is 5.73 Å². The Morgan fingerprint density at radius 2 is 2.06 bits per heavy atom. The molecule has 0 bridgehead atoms. The van der Waals surface area contributed by atoms with Crippen molar-refractivity contribution in [3.8, 4) is 11.5 Å². The van der Waals surface area contributed by atoms with Gasteiger partial charge in [-0.15, -0.1) is 0 Å². The highest BCUT2D eigenvalue weighted by molar-refractivity contribution is 6.30. The molecule has 1 aromatic heterocycles. The minimum absolute atomic E-state index is 0.0747. The molecule has 2 rings (SSSR count). The Bertz CT molecular complexity index is 481. The van der Waals surface area contributed by atoms with Crippen LogP contribution in [0.1, 0.15) is 19.2 Å². The molecular weight excluding hydrogens is 238 g/mol. The van der Waals surface area contributed by atoms with Crippen LogP contribution >= 0.6 is 11.6 Å². The van der Waals surface area contributed by atoms with Gasteiger partial charge in [-0.3, -0.25) is 0 Å². The van der Waals surface area contributed by atoms with Gasteiger partial charge < -0.3 is 10.3 Å². The normalized spacial score (nSPS) is 12.6. The van der Waals surface area contributed by atoms with Gasteiger partial charge >= 0.3 is 0 Å². The first-order chi connectivity index (χ1) is 8.19. The molecule has 4 nitrogen and oxygen atoms in total. The topological polar surface area (TPSA) is 64.9 Å². The van der Waals surface area contributed by atoms with Crippen LogP contribution in [0.25, 0.3) is 11.5 Å². The SMILES string of the molecule is CCC(N)Cc1noc(-c2ccc(Cl)cc2)n1. The molecule has 0 saturated carbocycles. The molecule has 0 fully saturated rings. The van der Waals surface area contributed by atoms with Gasteiger partial charge in [0.15, 0.2) is 5.82 Å².